The standard InChI is InChI=1S/C19H23N7/c1-16-7-11-26(23-16)19-6-5-18(21-22-19)25-14-12-24(13-15-25)10-8-17-4-2-3-9-20-17/h2-7,9,11H,8,10,12-15H2,1H3. The number of aryl methyl sites for hydroxylation is 1. The van der Waals surface area contributed by atoms with Gasteiger partial charge in [-0.1, -0.05) is 6.07 Å². The van der Waals surface area contributed by atoms with Gasteiger partial charge in [0.25, 0.3) is 0 Å². The Hall–Kier alpha value is -2.80. The molecule has 4 heterocycles. The molecule has 0 amide bonds. The molecule has 1 saturated heterocycles. The van der Waals surface area contributed by atoms with Crippen LogP contribution in [0.15, 0.2) is 48.8 Å². The van der Waals surface area contributed by atoms with Crippen LogP contribution >= 0.6 is 0 Å². The number of hydrogen-bond acceptors (Lipinski definition) is 6. The molecule has 0 saturated carbocycles. The van der Waals surface area contributed by atoms with Gasteiger partial charge in [0.1, 0.15) is 0 Å². The van der Waals surface area contributed by atoms with Crippen LogP contribution in [0.25, 0.3) is 5.82 Å². The third kappa shape index (κ3) is 3.88. The summed E-state index contributed by atoms with van der Waals surface area (Å²) in [5.41, 5.74) is 2.13. The van der Waals surface area contributed by atoms with Gasteiger partial charge >= 0.3 is 0 Å². The van der Waals surface area contributed by atoms with Gasteiger partial charge in [-0.25, -0.2) is 4.68 Å². The van der Waals surface area contributed by atoms with Gasteiger partial charge in [-0.15, -0.1) is 10.2 Å². The minimum absolute atomic E-state index is 0.746. The Bertz CT molecular complexity index is 821. The van der Waals surface area contributed by atoms with Crippen molar-refractivity contribution in [3.8, 4) is 5.82 Å². The number of anilines is 1. The third-order valence-electron chi connectivity index (χ3n) is 4.70. The number of rotatable bonds is 5. The van der Waals surface area contributed by atoms with E-state index in [4.69, 9.17) is 0 Å². The number of nitrogens with zero attached hydrogens (tertiary/aromatic N) is 7. The summed E-state index contributed by atoms with van der Waals surface area (Å²) in [5, 5.41) is 13.1. The average molecular weight is 349 g/mol. The van der Waals surface area contributed by atoms with Gasteiger partial charge < -0.3 is 4.90 Å². The van der Waals surface area contributed by atoms with Gasteiger partial charge in [0.2, 0.25) is 0 Å². The zero-order valence-electron chi connectivity index (χ0n) is 15.0. The molecule has 7 nitrogen and oxygen atoms in total. The van der Waals surface area contributed by atoms with Gasteiger partial charge in [-0.3, -0.25) is 9.88 Å². The molecule has 0 N–H and O–H groups in total. The van der Waals surface area contributed by atoms with Gasteiger partial charge in [-0.05, 0) is 37.3 Å². The fourth-order valence-corrected chi connectivity index (χ4v) is 3.17. The van der Waals surface area contributed by atoms with Crippen molar-refractivity contribution in [2.24, 2.45) is 0 Å². The summed E-state index contributed by atoms with van der Waals surface area (Å²) in [5.74, 6) is 1.68. The lowest BCUT2D eigenvalue weighted by Crippen LogP contribution is -2.47. The quantitative estimate of drug-likeness (QED) is 0.699. The summed E-state index contributed by atoms with van der Waals surface area (Å²) >= 11 is 0. The second-order valence-electron chi connectivity index (χ2n) is 6.55. The molecule has 1 aliphatic rings. The van der Waals surface area contributed by atoms with Crippen molar-refractivity contribution in [2.45, 2.75) is 13.3 Å². The van der Waals surface area contributed by atoms with Crippen molar-refractivity contribution >= 4 is 5.82 Å². The minimum atomic E-state index is 0.746. The van der Waals surface area contributed by atoms with E-state index in [-0.39, 0.29) is 0 Å². The van der Waals surface area contributed by atoms with Crippen LogP contribution < -0.4 is 4.90 Å². The van der Waals surface area contributed by atoms with Gasteiger partial charge in [-0.2, -0.15) is 5.10 Å². The summed E-state index contributed by atoms with van der Waals surface area (Å²) in [7, 11) is 0. The SMILES string of the molecule is Cc1ccn(-c2ccc(N3CCN(CCc4ccccn4)CC3)nn2)n1. The van der Waals surface area contributed by atoms with Crippen molar-refractivity contribution in [1.29, 1.82) is 0 Å². The zero-order chi connectivity index (χ0) is 17.8. The van der Waals surface area contributed by atoms with Crippen LogP contribution in [0.2, 0.25) is 0 Å². The molecule has 4 rings (SSSR count). The highest BCUT2D eigenvalue weighted by Gasteiger charge is 2.18. The fraction of sp³-hybridized carbons (Fsp3) is 0.368. The summed E-state index contributed by atoms with van der Waals surface area (Å²) in [6.45, 7) is 7.03. The van der Waals surface area contributed by atoms with Crippen molar-refractivity contribution in [1.82, 2.24) is 29.9 Å². The van der Waals surface area contributed by atoms with E-state index >= 15 is 0 Å². The molecule has 1 aliphatic heterocycles. The van der Waals surface area contributed by atoms with E-state index in [0.29, 0.717) is 0 Å². The molecule has 3 aromatic heterocycles. The van der Waals surface area contributed by atoms with E-state index in [9.17, 15) is 0 Å². The van der Waals surface area contributed by atoms with Crippen molar-refractivity contribution in [2.75, 3.05) is 37.6 Å². The monoisotopic (exact) mass is 349 g/mol. The molecule has 0 atom stereocenters. The van der Waals surface area contributed by atoms with Crippen LogP contribution in [-0.4, -0.2) is 62.6 Å². The molecule has 0 spiro atoms. The predicted octanol–water partition coefficient (Wildman–Crippen LogP) is 1.73. The van der Waals surface area contributed by atoms with Crippen molar-refractivity contribution in [3.05, 3.63) is 60.2 Å². The van der Waals surface area contributed by atoms with E-state index in [0.717, 1.165) is 62.2 Å². The largest absolute Gasteiger partial charge is 0.353 e. The van der Waals surface area contributed by atoms with Crippen LogP contribution in [0.5, 0.6) is 0 Å². The first-order chi connectivity index (χ1) is 12.8. The molecule has 26 heavy (non-hydrogen) atoms. The molecule has 0 bridgehead atoms. The van der Waals surface area contributed by atoms with E-state index in [2.05, 4.69) is 36.1 Å². The molecular weight excluding hydrogens is 326 g/mol. The second-order valence-corrected chi connectivity index (χ2v) is 6.55. The average Bonchev–Trinajstić information content (AvgIpc) is 3.14. The van der Waals surface area contributed by atoms with Crippen molar-refractivity contribution in [3.63, 3.8) is 0 Å². The Labute approximate surface area is 153 Å². The predicted molar refractivity (Wildman–Crippen MR) is 100 cm³/mol. The highest BCUT2D eigenvalue weighted by Crippen LogP contribution is 2.14. The first kappa shape index (κ1) is 16.7. The van der Waals surface area contributed by atoms with Gasteiger partial charge in [0.15, 0.2) is 11.6 Å². The first-order valence-corrected chi connectivity index (χ1v) is 9.01. The third-order valence-corrected chi connectivity index (χ3v) is 4.70. The maximum Gasteiger partial charge on any atom is 0.175 e. The Morgan fingerprint density at radius 2 is 1.73 bits per heavy atom. The van der Waals surface area contributed by atoms with Crippen LogP contribution in [0, 0.1) is 6.92 Å². The minimum Gasteiger partial charge on any atom is -0.353 e. The van der Waals surface area contributed by atoms with Crippen molar-refractivity contribution < 1.29 is 0 Å². The molecule has 0 aromatic carbocycles. The number of aromatic nitrogens is 5. The lowest BCUT2D eigenvalue weighted by molar-refractivity contribution is 0.259. The van der Waals surface area contributed by atoms with E-state index in [1.54, 1.807) is 4.68 Å². The smallest absolute Gasteiger partial charge is 0.175 e. The summed E-state index contributed by atoms with van der Waals surface area (Å²) in [4.78, 5) is 9.18. The molecule has 0 unspecified atom stereocenters. The van der Waals surface area contributed by atoms with Crippen LogP contribution in [0.3, 0.4) is 0 Å². The summed E-state index contributed by atoms with van der Waals surface area (Å²) in [6, 6.07) is 12.1. The Kier molecular flexibility index (Phi) is 4.88. The normalized spacial score (nSPS) is 15.3. The lowest BCUT2D eigenvalue weighted by Gasteiger charge is -2.35. The highest BCUT2D eigenvalue weighted by molar-refractivity contribution is 5.40. The molecular formula is C19H23N7. The molecule has 7 heteroatoms. The van der Waals surface area contributed by atoms with Gasteiger partial charge in [0.05, 0.1) is 5.69 Å². The number of piperazine rings is 1. The lowest BCUT2D eigenvalue weighted by atomic mass is 10.2. The molecule has 3 aromatic rings. The Balaban J connectivity index is 1.30. The van der Waals surface area contributed by atoms with Crippen LogP contribution in [-0.2, 0) is 6.42 Å². The molecule has 0 aliphatic carbocycles. The molecule has 134 valence electrons. The Morgan fingerprint density at radius 3 is 2.38 bits per heavy atom. The van der Waals surface area contributed by atoms with Crippen LogP contribution in [0.1, 0.15) is 11.4 Å². The Morgan fingerprint density at radius 1 is 0.923 bits per heavy atom. The maximum atomic E-state index is 4.40. The topological polar surface area (TPSA) is 63.0 Å². The second kappa shape index (κ2) is 7.61. The molecule has 0 radical (unpaired) electrons. The maximum absolute atomic E-state index is 4.40. The van der Waals surface area contributed by atoms with Gasteiger partial charge in [0, 0.05) is 57.2 Å². The number of pyridine rings is 1. The fourth-order valence-electron chi connectivity index (χ4n) is 3.17. The zero-order valence-corrected chi connectivity index (χ0v) is 15.0. The number of hydrogen-bond donors (Lipinski definition) is 0. The first-order valence-electron chi connectivity index (χ1n) is 9.01. The molecule has 1 fully saturated rings. The van der Waals surface area contributed by atoms with E-state index in [1.807, 2.05) is 49.6 Å². The van der Waals surface area contributed by atoms with E-state index in [1.165, 1.54) is 0 Å². The highest BCUT2D eigenvalue weighted by atomic mass is 15.4. The van der Waals surface area contributed by atoms with Crippen LogP contribution in [0.4, 0.5) is 5.82 Å². The summed E-state index contributed by atoms with van der Waals surface area (Å²) < 4.78 is 1.75. The summed E-state index contributed by atoms with van der Waals surface area (Å²) in [6.07, 6.45) is 4.76. The van der Waals surface area contributed by atoms with E-state index < -0.39 is 0 Å².